The van der Waals surface area contributed by atoms with Gasteiger partial charge in [0.25, 0.3) is 0 Å². The van der Waals surface area contributed by atoms with Crippen molar-refractivity contribution in [3.63, 3.8) is 0 Å². The zero-order valence-electron chi connectivity index (χ0n) is 14.7. The van der Waals surface area contributed by atoms with Crippen LogP contribution in [0.5, 0.6) is 0 Å². The molecule has 4 rings (SSSR count). The Morgan fingerprint density at radius 1 is 1.40 bits per heavy atom. The molecule has 0 bridgehead atoms. The van der Waals surface area contributed by atoms with Gasteiger partial charge in [0, 0.05) is 39.8 Å². The number of fused-ring (bicyclic) bond motifs is 1. The number of carbonyl (C=O) groups is 1. The molecule has 134 valence electrons. The van der Waals surface area contributed by atoms with Gasteiger partial charge in [0.2, 0.25) is 5.91 Å². The molecular formula is C19H25N3O3. The van der Waals surface area contributed by atoms with Gasteiger partial charge in [-0.15, -0.1) is 0 Å². The minimum Gasteiger partial charge on any atom is -0.377 e. The van der Waals surface area contributed by atoms with E-state index < -0.39 is 0 Å². The van der Waals surface area contributed by atoms with Crippen molar-refractivity contribution in [3.8, 4) is 0 Å². The quantitative estimate of drug-likeness (QED) is 0.854. The van der Waals surface area contributed by atoms with Crippen LogP contribution in [0.15, 0.2) is 30.6 Å². The van der Waals surface area contributed by atoms with E-state index in [9.17, 15) is 4.79 Å². The number of aryl methyl sites for hydroxylation is 1. The van der Waals surface area contributed by atoms with Crippen LogP contribution in [0.25, 0.3) is 11.0 Å². The van der Waals surface area contributed by atoms with Crippen molar-refractivity contribution in [1.29, 1.82) is 0 Å². The number of para-hydroxylation sites is 2. The zero-order chi connectivity index (χ0) is 17.3. The summed E-state index contributed by atoms with van der Waals surface area (Å²) in [6, 6.07) is 8.00. The van der Waals surface area contributed by atoms with Crippen molar-refractivity contribution in [3.05, 3.63) is 30.6 Å². The fourth-order valence-corrected chi connectivity index (χ4v) is 4.19. The molecular weight excluding hydrogens is 318 g/mol. The first kappa shape index (κ1) is 16.5. The maximum Gasteiger partial charge on any atom is 0.224 e. The molecule has 0 aliphatic carbocycles. The second-order valence-electron chi connectivity index (χ2n) is 7.01. The third kappa shape index (κ3) is 3.04. The number of aromatic nitrogens is 2. The number of imidazole rings is 1. The highest BCUT2D eigenvalue weighted by atomic mass is 16.5. The molecule has 1 amide bonds. The predicted molar refractivity (Wildman–Crippen MR) is 94.3 cm³/mol. The van der Waals surface area contributed by atoms with Crippen LogP contribution in [0.4, 0.5) is 0 Å². The lowest BCUT2D eigenvalue weighted by Gasteiger charge is -2.44. The minimum atomic E-state index is -0.175. The Kier molecular flexibility index (Phi) is 4.48. The van der Waals surface area contributed by atoms with E-state index in [2.05, 4.69) is 4.98 Å². The Morgan fingerprint density at radius 2 is 2.28 bits per heavy atom. The van der Waals surface area contributed by atoms with Gasteiger partial charge in [-0.2, -0.15) is 0 Å². The average Bonchev–Trinajstić information content (AvgIpc) is 3.28. The molecule has 1 spiro atoms. The summed E-state index contributed by atoms with van der Waals surface area (Å²) in [7, 11) is 1.72. The second-order valence-corrected chi connectivity index (χ2v) is 7.01. The Morgan fingerprint density at radius 3 is 3.08 bits per heavy atom. The minimum absolute atomic E-state index is 0.0261. The first-order valence-corrected chi connectivity index (χ1v) is 9.06. The smallest absolute Gasteiger partial charge is 0.224 e. The molecule has 25 heavy (non-hydrogen) atoms. The Hall–Kier alpha value is -1.92. The number of methoxy groups -OCH3 is 1. The molecule has 2 aromatic rings. The largest absolute Gasteiger partial charge is 0.377 e. The van der Waals surface area contributed by atoms with Gasteiger partial charge < -0.3 is 18.9 Å². The molecule has 3 heterocycles. The number of nitrogens with zero attached hydrogens (tertiary/aromatic N) is 3. The first-order chi connectivity index (χ1) is 12.2. The third-order valence-electron chi connectivity index (χ3n) is 5.64. The van der Waals surface area contributed by atoms with Gasteiger partial charge in [0.05, 0.1) is 23.0 Å². The summed E-state index contributed by atoms with van der Waals surface area (Å²) in [5.41, 5.74) is 1.86. The Labute approximate surface area is 147 Å². The van der Waals surface area contributed by atoms with E-state index in [1.165, 1.54) is 0 Å². The molecule has 0 radical (unpaired) electrons. The summed E-state index contributed by atoms with van der Waals surface area (Å²) in [6.07, 6.45) is 5.25. The number of rotatable bonds is 4. The molecule has 1 aromatic heterocycles. The van der Waals surface area contributed by atoms with Crippen molar-refractivity contribution < 1.29 is 14.3 Å². The van der Waals surface area contributed by atoms with Crippen LogP contribution in [-0.2, 0) is 20.8 Å². The van der Waals surface area contributed by atoms with Crippen LogP contribution >= 0.6 is 0 Å². The number of likely N-dealkylation sites (tertiary alicyclic amines) is 1. The molecule has 6 nitrogen and oxygen atoms in total. The number of ether oxygens (including phenoxy) is 2. The first-order valence-electron chi connectivity index (χ1n) is 9.06. The van der Waals surface area contributed by atoms with Crippen molar-refractivity contribution in [2.24, 2.45) is 0 Å². The standard InChI is InChI=1S/C19H25N3O3/c1-24-17-13-21(11-9-19(17)8-4-12-25-19)18(23)7-10-22-14-20-15-5-2-3-6-16(15)22/h2-3,5-6,14,17H,4,7-13H2,1H3/t17-,19-/m0/s1. The summed E-state index contributed by atoms with van der Waals surface area (Å²) in [4.78, 5) is 19.0. The molecule has 0 N–H and O–H groups in total. The SMILES string of the molecule is CO[C@H]1CN(C(=O)CCn2cnc3ccccc32)CC[C@@]12CCCO2. The molecule has 2 saturated heterocycles. The number of benzene rings is 1. The van der Waals surface area contributed by atoms with Gasteiger partial charge >= 0.3 is 0 Å². The van der Waals surface area contributed by atoms with Gasteiger partial charge in [-0.25, -0.2) is 4.98 Å². The van der Waals surface area contributed by atoms with Gasteiger partial charge in [0.1, 0.15) is 6.10 Å². The topological polar surface area (TPSA) is 56.6 Å². The van der Waals surface area contributed by atoms with Crippen LogP contribution in [0.3, 0.4) is 0 Å². The number of hydrogen-bond acceptors (Lipinski definition) is 4. The van der Waals surface area contributed by atoms with E-state index in [1.54, 1.807) is 7.11 Å². The van der Waals surface area contributed by atoms with Gasteiger partial charge in [-0.05, 0) is 31.4 Å². The fraction of sp³-hybridized carbons (Fsp3) is 0.579. The summed E-state index contributed by atoms with van der Waals surface area (Å²) < 4.78 is 13.7. The van der Waals surface area contributed by atoms with Gasteiger partial charge in [-0.3, -0.25) is 4.79 Å². The van der Waals surface area contributed by atoms with Crippen molar-refractivity contribution in [2.45, 2.75) is 43.9 Å². The Bertz CT molecular complexity index is 751. The lowest BCUT2D eigenvalue weighted by molar-refractivity contribution is -0.158. The molecule has 6 heteroatoms. The molecule has 1 aromatic carbocycles. The molecule has 0 unspecified atom stereocenters. The van der Waals surface area contributed by atoms with E-state index in [-0.39, 0.29) is 17.6 Å². The lowest BCUT2D eigenvalue weighted by atomic mass is 9.85. The van der Waals surface area contributed by atoms with Crippen molar-refractivity contribution in [1.82, 2.24) is 14.5 Å². The highest BCUT2D eigenvalue weighted by Gasteiger charge is 2.47. The van der Waals surface area contributed by atoms with Crippen LogP contribution in [0, 0.1) is 0 Å². The van der Waals surface area contributed by atoms with E-state index in [1.807, 2.05) is 40.1 Å². The summed E-state index contributed by atoms with van der Waals surface area (Å²) in [5, 5.41) is 0. The maximum atomic E-state index is 12.7. The van der Waals surface area contributed by atoms with Crippen LogP contribution in [0.2, 0.25) is 0 Å². The zero-order valence-corrected chi connectivity index (χ0v) is 14.7. The molecule has 2 aliphatic heterocycles. The Balaban J connectivity index is 1.38. The predicted octanol–water partition coefficient (Wildman–Crippen LogP) is 2.22. The maximum absolute atomic E-state index is 12.7. The monoisotopic (exact) mass is 343 g/mol. The van der Waals surface area contributed by atoms with E-state index in [4.69, 9.17) is 9.47 Å². The molecule has 2 fully saturated rings. The number of carbonyl (C=O) groups excluding carboxylic acids is 1. The van der Waals surface area contributed by atoms with Crippen molar-refractivity contribution >= 4 is 16.9 Å². The average molecular weight is 343 g/mol. The van der Waals surface area contributed by atoms with Gasteiger partial charge in [0.15, 0.2) is 0 Å². The molecule has 2 aliphatic rings. The second kappa shape index (κ2) is 6.77. The molecule has 0 saturated carbocycles. The van der Waals surface area contributed by atoms with Gasteiger partial charge in [-0.1, -0.05) is 12.1 Å². The summed E-state index contributed by atoms with van der Waals surface area (Å²) in [5.74, 6) is 0.174. The summed E-state index contributed by atoms with van der Waals surface area (Å²) in [6.45, 7) is 2.83. The van der Waals surface area contributed by atoms with Crippen molar-refractivity contribution in [2.75, 3.05) is 26.8 Å². The van der Waals surface area contributed by atoms with E-state index in [0.717, 1.165) is 43.4 Å². The lowest BCUT2D eigenvalue weighted by Crippen LogP contribution is -2.57. The summed E-state index contributed by atoms with van der Waals surface area (Å²) >= 11 is 0. The highest BCUT2D eigenvalue weighted by Crippen LogP contribution is 2.37. The normalized spacial score (nSPS) is 26.6. The van der Waals surface area contributed by atoms with Crippen LogP contribution < -0.4 is 0 Å². The van der Waals surface area contributed by atoms with Crippen LogP contribution in [-0.4, -0.2) is 58.9 Å². The van der Waals surface area contributed by atoms with E-state index in [0.29, 0.717) is 19.5 Å². The number of piperidine rings is 1. The third-order valence-corrected chi connectivity index (χ3v) is 5.64. The van der Waals surface area contributed by atoms with Crippen LogP contribution in [0.1, 0.15) is 25.7 Å². The number of hydrogen-bond donors (Lipinski definition) is 0. The fourth-order valence-electron chi connectivity index (χ4n) is 4.19. The number of amides is 1. The highest BCUT2D eigenvalue weighted by molar-refractivity contribution is 5.77. The van der Waals surface area contributed by atoms with E-state index >= 15 is 0 Å². The molecule has 2 atom stereocenters.